The molecule has 2 bridgehead atoms. The van der Waals surface area contributed by atoms with E-state index in [-0.39, 0.29) is 11.5 Å². The van der Waals surface area contributed by atoms with Gasteiger partial charge in [0.05, 0.1) is 4.47 Å². The fourth-order valence-corrected chi connectivity index (χ4v) is 4.87. The number of pyridine rings is 1. The van der Waals surface area contributed by atoms with Crippen LogP contribution in [0.4, 0.5) is 5.95 Å². The van der Waals surface area contributed by atoms with Gasteiger partial charge < -0.3 is 10.5 Å². The summed E-state index contributed by atoms with van der Waals surface area (Å²) in [5.74, 6) is 1.97. The zero-order valence-electron chi connectivity index (χ0n) is 13.1. The highest BCUT2D eigenvalue weighted by Gasteiger charge is 2.62. The molecule has 4 rings (SSSR count). The summed E-state index contributed by atoms with van der Waals surface area (Å²) in [5.41, 5.74) is 7.08. The lowest BCUT2D eigenvalue weighted by Crippen LogP contribution is -2.38. The number of ether oxygens (including phenoxy) is 1. The third-order valence-corrected chi connectivity index (χ3v) is 7.07. The fourth-order valence-electron chi connectivity index (χ4n) is 4.46. The number of anilines is 1. The Morgan fingerprint density at radius 1 is 1.36 bits per heavy atom. The largest absolute Gasteiger partial charge is 0.488 e. The van der Waals surface area contributed by atoms with Crippen molar-refractivity contribution in [3.05, 3.63) is 16.7 Å². The van der Waals surface area contributed by atoms with E-state index in [1.807, 2.05) is 12.3 Å². The van der Waals surface area contributed by atoms with Crippen LogP contribution >= 0.6 is 15.9 Å². The van der Waals surface area contributed by atoms with Gasteiger partial charge in [-0.05, 0) is 46.5 Å². The molecule has 0 aliphatic heterocycles. The number of fused-ring (bicyclic) bond motifs is 3. The molecule has 2 aromatic rings. The van der Waals surface area contributed by atoms with E-state index in [0.717, 1.165) is 22.6 Å². The minimum absolute atomic E-state index is 0.232. The molecule has 0 spiro atoms. The number of nitrogens with zero attached hydrogens (tertiary/aromatic N) is 3. The summed E-state index contributed by atoms with van der Waals surface area (Å²) >= 11 is 3.59. The first kappa shape index (κ1) is 14.3. The number of aromatic nitrogens is 3. The summed E-state index contributed by atoms with van der Waals surface area (Å²) in [6.45, 7) is 7.17. The third-order valence-electron chi connectivity index (χ3n) is 6.47. The molecule has 2 fully saturated rings. The van der Waals surface area contributed by atoms with E-state index in [1.54, 1.807) is 4.40 Å². The van der Waals surface area contributed by atoms with Crippen LogP contribution in [0.2, 0.25) is 0 Å². The van der Waals surface area contributed by atoms with Crippen molar-refractivity contribution in [1.29, 1.82) is 0 Å². The monoisotopic (exact) mass is 364 g/mol. The van der Waals surface area contributed by atoms with Crippen LogP contribution in [0, 0.1) is 16.7 Å². The second-order valence-electron chi connectivity index (χ2n) is 7.49. The van der Waals surface area contributed by atoms with Gasteiger partial charge in [0.25, 0.3) is 0 Å². The van der Waals surface area contributed by atoms with E-state index < -0.39 is 0 Å². The molecule has 2 saturated carbocycles. The Kier molecular flexibility index (Phi) is 2.84. The maximum atomic E-state index is 6.43. The second kappa shape index (κ2) is 4.37. The SMILES string of the molecule is CC1(C)[C@@H]2CC[C@]1(C)[C@H](Oc1cc3nnc(N)n3cc1Br)C2. The molecule has 2 heterocycles. The first-order chi connectivity index (χ1) is 10.3. The molecule has 5 nitrogen and oxygen atoms in total. The molecular formula is C16H21BrN4O. The van der Waals surface area contributed by atoms with Gasteiger partial charge in [-0.3, -0.25) is 4.40 Å². The minimum atomic E-state index is 0.232. The highest BCUT2D eigenvalue weighted by atomic mass is 79.9. The van der Waals surface area contributed by atoms with Crippen molar-refractivity contribution in [3.63, 3.8) is 0 Å². The van der Waals surface area contributed by atoms with E-state index >= 15 is 0 Å². The molecule has 3 atom stereocenters. The first-order valence-corrected chi connectivity index (χ1v) is 8.58. The molecule has 2 aromatic heterocycles. The van der Waals surface area contributed by atoms with Crippen LogP contribution in [0.5, 0.6) is 5.75 Å². The lowest BCUT2D eigenvalue weighted by molar-refractivity contribution is 0.0297. The maximum absolute atomic E-state index is 6.43. The predicted octanol–water partition coefficient (Wildman–Crippen LogP) is 3.67. The molecule has 0 amide bonds. The molecular weight excluding hydrogens is 344 g/mol. The number of nitrogens with two attached hydrogens (primary N) is 1. The van der Waals surface area contributed by atoms with Crippen LogP contribution in [0.15, 0.2) is 16.7 Å². The number of hydrogen-bond donors (Lipinski definition) is 1. The number of halogens is 1. The van der Waals surface area contributed by atoms with Gasteiger partial charge >= 0.3 is 0 Å². The van der Waals surface area contributed by atoms with Crippen molar-refractivity contribution >= 4 is 27.5 Å². The van der Waals surface area contributed by atoms with Gasteiger partial charge in [0.1, 0.15) is 11.9 Å². The highest BCUT2D eigenvalue weighted by molar-refractivity contribution is 9.10. The van der Waals surface area contributed by atoms with E-state index in [9.17, 15) is 0 Å². The quantitative estimate of drug-likeness (QED) is 0.882. The topological polar surface area (TPSA) is 65.4 Å². The molecule has 118 valence electrons. The average Bonchev–Trinajstić information content (AvgIpc) is 2.98. The first-order valence-electron chi connectivity index (χ1n) is 7.79. The van der Waals surface area contributed by atoms with Gasteiger partial charge in [0.2, 0.25) is 5.95 Å². The molecule has 0 radical (unpaired) electrons. The third kappa shape index (κ3) is 1.70. The Bertz CT molecular complexity index is 756. The van der Waals surface area contributed by atoms with Crippen molar-refractivity contribution in [1.82, 2.24) is 14.6 Å². The van der Waals surface area contributed by atoms with Gasteiger partial charge in [-0.15, -0.1) is 10.2 Å². The summed E-state index contributed by atoms with van der Waals surface area (Å²) in [4.78, 5) is 0. The standard InChI is InChI=1S/C16H21BrN4O/c1-15(2)9-4-5-16(15,3)12(6-9)22-11-7-13-19-20-14(18)21(13)8-10(11)17/h7-9,12H,4-6H2,1-3H3,(H2,18,20)/t9-,12-,16-/m1/s1. The molecule has 0 aromatic carbocycles. The van der Waals surface area contributed by atoms with E-state index in [2.05, 4.69) is 46.9 Å². The Hall–Kier alpha value is -1.30. The van der Waals surface area contributed by atoms with Crippen molar-refractivity contribution in [2.45, 2.75) is 46.1 Å². The highest BCUT2D eigenvalue weighted by Crippen LogP contribution is 2.66. The molecule has 6 heteroatoms. The van der Waals surface area contributed by atoms with Gasteiger partial charge in [-0.1, -0.05) is 20.8 Å². The molecule has 0 unspecified atom stereocenters. The van der Waals surface area contributed by atoms with Crippen molar-refractivity contribution in [2.24, 2.45) is 16.7 Å². The number of nitrogen functional groups attached to an aromatic ring is 1. The average molecular weight is 365 g/mol. The number of hydrogen-bond acceptors (Lipinski definition) is 4. The van der Waals surface area contributed by atoms with Gasteiger partial charge in [0.15, 0.2) is 5.65 Å². The van der Waals surface area contributed by atoms with E-state index in [1.165, 1.54) is 12.8 Å². The van der Waals surface area contributed by atoms with Crippen LogP contribution in [-0.4, -0.2) is 20.7 Å². The zero-order chi connectivity index (χ0) is 15.7. The van der Waals surface area contributed by atoms with Crippen molar-refractivity contribution < 1.29 is 4.74 Å². The van der Waals surface area contributed by atoms with Gasteiger partial charge in [-0.25, -0.2) is 0 Å². The molecule has 2 N–H and O–H groups in total. The van der Waals surface area contributed by atoms with Crippen molar-refractivity contribution in [2.75, 3.05) is 5.73 Å². The van der Waals surface area contributed by atoms with Gasteiger partial charge in [-0.2, -0.15) is 0 Å². The normalized spacial score (nSPS) is 32.7. The van der Waals surface area contributed by atoms with Crippen LogP contribution < -0.4 is 10.5 Å². The summed E-state index contributed by atoms with van der Waals surface area (Å²) in [6, 6.07) is 1.91. The summed E-state index contributed by atoms with van der Waals surface area (Å²) in [5, 5.41) is 7.97. The van der Waals surface area contributed by atoms with Crippen LogP contribution in [0.1, 0.15) is 40.0 Å². The molecule has 0 saturated heterocycles. The molecule has 22 heavy (non-hydrogen) atoms. The predicted molar refractivity (Wildman–Crippen MR) is 88.7 cm³/mol. The molecule has 2 aliphatic carbocycles. The Morgan fingerprint density at radius 3 is 2.77 bits per heavy atom. The van der Waals surface area contributed by atoms with Crippen LogP contribution in [-0.2, 0) is 0 Å². The van der Waals surface area contributed by atoms with Gasteiger partial charge in [0, 0.05) is 17.7 Å². The summed E-state index contributed by atoms with van der Waals surface area (Å²) in [7, 11) is 0. The summed E-state index contributed by atoms with van der Waals surface area (Å²) in [6.07, 6.45) is 5.83. The van der Waals surface area contributed by atoms with Crippen LogP contribution in [0.25, 0.3) is 5.65 Å². The minimum Gasteiger partial charge on any atom is -0.488 e. The summed E-state index contributed by atoms with van der Waals surface area (Å²) < 4.78 is 9.07. The Balaban J connectivity index is 1.69. The van der Waals surface area contributed by atoms with Crippen LogP contribution in [0.3, 0.4) is 0 Å². The molecule has 2 aliphatic rings. The zero-order valence-corrected chi connectivity index (χ0v) is 14.7. The second-order valence-corrected chi connectivity index (χ2v) is 8.34. The number of rotatable bonds is 2. The van der Waals surface area contributed by atoms with Crippen molar-refractivity contribution in [3.8, 4) is 5.75 Å². The fraction of sp³-hybridized carbons (Fsp3) is 0.625. The smallest absolute Gasteiger partial charge is 0.226 e. The lowest BCUT2D eigenvalue weighted by atomic mass is 9.70. The van der Waals surface area contributed by atoms with E-state index in [4.69, 9.17) is 10.5 Å². The maximum Gasteiger partial charge on any atom is 0.226 e. The van der Waals surface area contributed by atoms with E-state index in [0.29, 0.717) is 17.0 Å². The Labute approximate surface area is 138 Å². The Morgan fingerprint density at radius 2 is 2.14 bits per heavy atom. The lowest BCUT2D eigenvalue weighted by Gasteiger charge is -2.39.